The van der Waals surface area contributed by atoms with E-state index >= 15 is 0 Å². The maximum Gasteiger partial charge on any atom is 0.410 e. The molecule has 0 spiro atoms. The second-order valence-electron chi connectivity index (χ2n) is 7.03. The van der Waals surface area contributed by atoms with Crippen LogP contribution in [0.1, 0.15) is 45.0 Å². The molecule has 0 radical (unpaired) electrons. The summed E-state index contributed by atoms with van der Waals surface area (Å²) in [5.74, 6) is -0.885. The molecular weight excluding hydrogens is 302 g/mol. The lowest BCUT2D eigenvalue weighted by atomic mass is 9.74. The molecule has 1 N–H and O–H groups in total. The quantitative estimate of drug-likeness (QED) is 0.906. The molecule has 128 valence electrons. The smallest absolute Gasteiger partial charge is 0.410 e. The molecule has 2 heterocycles. The number of carbonyl (C=O) groups excluding carboxylic acids is 1. The number of ether oxygens (including phenoxy) is 1. The SMILES string of the molecule is Cc1nonc1CC1(C(=O)O)CCN(C(=O)OC(C)(C)C)CC1. The summed E-state index contributed by atoms with van der Waals surface area (Å²) in [6.07, 6.45) is 0.525. The molecule has 1 aromatic rings. The first-order valence-corrected chi connectivity index (χ1v) is 7.62. The summed E-state index contributed by atoms with van der Waals surface area (Å²) in [5, 5.41) is 17.2. The molecule has 8 heteroatoms. The van der Waals surface area contributed by atoms with E-state index in [4.69, 9.17) is 4.74 Å². The molecule has 2 rings (SSSR count). The first kappa shape index (κ1) is 17.2. The number of aromatic nitrogens is 2. The fraction of sp³-hybridized carbons (Fsp3) is 0.733. The monoisotopic (exact) mass is 325 g/mol. The van der Waals surface area contributed by atoms with E-state index < -0.39 is 23.1 Å². The highest BCUT2D eigenvalue weighted by Gasteiger charge is 2.44. The van der Waals surface area contributed by atoms with E-state index in [0.29, 0.717) is 37.3 Å². The predicted molar refractivity (Wildman–Crippen MR) is 79.8 cm³/mol. The zero-order valence-corrected chi connectivity index (χ0v) is 14.0. The number of aliphatic carboxylic acids is 1. The van der Waals surface area contributed by atoms with E-state index in [0.717, 1.165) is 0 Å². The average Bonchev–Trinajstić information content (AvgIpc) is 2.82. The van der Waals surface area contributed by atoms with Crippen molar-refractivity contribution < 1.29 is 24.1 Å². The minimum atomic E-state index is -0.957. The van der Waals surface area contributed by atoms with Crippen molar-refractivity contribution in [3.05, 3.63) is 11.4 Å². The molecule has 1 saturated heterocycles. The van der Waals surface area contributed by atoms with Crippen LogP contribution >= 0.6 is 0 Å². The van der Waals surface area contributed by atoms with Crippen LogP contribution in [0.4, 0.5) is 4.79 Å². The topological polar surface area (TPSA) is 106 Å². The molecule has 1 amide bonds. The maximum atomic E-state index is 12.1. The van der Waals surface area contributed by atoms with Crippen molar-refractivity contribution in [2.45, 2.75) is 52.6 Å². The van der Waals surface area contributed by atoms with Crippen LogP contribution in [-0.2, 0) is 16.0 Å². The first-order chi connectivity index (χ1) is 10.6. The lowest BCUT2D eigenvalue weighted by molar-refractivity contribution is -0.152. The number of rotatable bonds is 3. The van der Waals surface area contributed by atoms with Crippen LogP contribution in [-0.4, -0.2) is 51.1 Å². The number of likely N-dealkylation sites (tertiary alicyclic amines) is 1. The van der Waals surface area contributed by atoms with Gasteiger partial charge in [-0.1, -0.05) is 10.3 Å². The Morgan fingerprint density at radius 1 is 1.30 bits per heavy atom. The summed E-state index contributed by atoms with van der Waals surface area (Å²) in [7, 11) is 0. The largest absolute Gasteiger partial charge is 0.481 e. The highest BCUT2D eigenvalue weighted by molar-refractivity contribution is 5.76. The van der Waals surface area contributed by atoms with Crippen molar-refractivity contribution in [1.82, 2.24) is 15.2 Å². The van der Waals surface area contributed by atoms with Crippen LogP contribution in [0.15, 0.2) is 4.63 Å². The van der Waals surface area contributed by atoms with Crippen LogP contribution in [0.2, 0.25) is 0 Å². The predicted octanol–water partition coefficient (Wildman–Crippen LogP) is 2.02. The number of hydrogen-bond acceptors (Lipinski definition) is 6. The lowest BCUT2D eigenvalue weighted by Gasteiger charge is -2.38. The Balaban J connectivity index is 2.05. The normalized spacial score (nSPS) is 17.8. The summed E-state index contributed by atoms with van der Waals surface area (Å²) >= 11 is 0. The zero-order chi connectivity index (χ0) is 17.3. The molecule has 8 nitrogen and oxygen atoms in total. The van der Waals surface area contributed by atoms with E-state index in [1.165, 1.54) is 0 Å². The highest BCUT2D eigenvalue weighted by atomic mass is 16.6. The fourth-order valence-corrected chi connectivity index (χ4v) is 2.64. The lowest BCUT2D eigenvalue weighted by Crippen LogP contribution is -2.48. The van der Waals surface area contributed by atoms with E-state index in [2.05, 4.69) is 14.9 Å². The number of amides is 1. The van der Waals surface area contributed by atoms with Crippen LogP contribution in [0.25, 0.3) is 0 Å². The molecule has 0 bridgehead atoms. The summed E-state index contributed by atoms with van der Waals surface area (Å²) in [6, 6.07) is 0. The van der Waals surface area contributed by atoms with Crippen molar-refractivity contribution in [3.63, 3.8) is 0 Å². The van der Waals surface area contributed by atoms with E-state index in [-0.39, 0.29) is 6.42 Å². The number of carboxylic acids is 1. The molecular formula is C15H23N3O5. The minimum absolute atomic E-state index is 0.250. The Labute approximate surface area is 134 Å². The van der Waals surface area contributed by atoms with Gasteiger partial charge in [-0.05, 0) is 40.5 Å². The van der Waals surface area contributed by atoms with Crippen molar-refractivity contribution in [3.8, 4) is 0 Å². The third-order valence-electron chi connectivity index (χ3n) is 4.08. The standard InChI is InChI=1S/C15H23N3O5/c1-10-11(17-23-16-10)9-15(12(19)20)5-7-18(8-6-15)13(21)22-14(2,3)4/h5-9H2,1-4H3,(H,19,20). The van der Waals surface area contributed by atoms with Crippen LogP contribution in [0, 0.1) is 12.3 Å². The van der Waals surface area contributed by atoms with Gasteiger partial charge in [-0.3, -0.25) is 4.79 Å². The van der Waals surface area contributed by atoms with E-state index in [1.54, 1.807) is 32.6 Å². The van der Waals surface area contributed by atoms with Crippen LogP contribution in [0.5, 0.6) is 0 Å². The summed E-state index contributed by atoms with van der Waals surface area (Å²) in [5.41, 5.74) is -0.373. The number of carboxylic acid groups (broad SMARTS) is 1. The summed E-state index contributed by atoms with van der Waals surface area (Å²) < 4.78 is 9.98. The van der Waals surface area contributed by atoms with Gasteiger partial charge in [0.1, 0.15) is 17.0 Å². The second-order valence-corrected chi connectivity index (χ2v) is 7.03. The van der Waals surface area contributed by atoms with Gasteiger partial charge in [-0.15, -0.1) is 0 Å². The number of nitrogens with zero attached hydrogens (tertiary/aromatic N) is 3. The number of carbonyl (C=O) groups is 2. The van der Waals surface area contributed by atoms with E-state index in [9.17, 15) is 14.7 Å². The zero-order valence-electron chi connectivity index (χ0n) is 14.0. The Morgan fingerprint density at radius 3 is 2.35 bits per heavy atom. The summed E-state index contributed by atoms with van der Waals surface area (Å²) in [6.45, 7) is 7.82. The van der Waals surface area contributed by atoms with Gasteiger partial charge in [0, 0.05) is 19.5 Å². The molecule has 1 aromatic heterocycles. The number of hydrogen-bond donors (Lipinski definition) is 1. The van der Waals surface area contributed by atoms with E-state index in [1.807, 2.05) is 0 Å². The molecule has 1 aliphatic rings. The van der Waals surface area contributed by atoms with Gasteiger partial charge in [-0.2, -0.15) is 0 Å². The van der Waals surface area contributed by atoms with Crippen LogP contribution < -0.4 is 0 Å². The molecule has 0 saturated carbocycles. The Kier molecular flexibility index (Phi) is 4.63. The van der Waals surface area contributed by atoms with Crippen molar-refractivity contribution in [2.24, 2.45) is 5.41 Å². The van der Waals surface area contributed by atoms with Crippen molar-refractivity contribution in [1.29, 1.82) is 0 Å². The highest BCUT2D eigenvalue weighted by Crippen LogP contribution is 2.36. The number of piperidine rings is 1. The molecule has 0 unspecified atom stereocenters. The van der Waals surface area contributed by atoms with Gasteiger partial charge in [0.25, 0.3) is 0 Å². The average molecular weight is 325 g/mol. The maximum absolute atomic E-state index is 12.1. The third kappa shape index (κ3) is 4.00. The van der Waals surface area contributed by atoms with Gasteiger partial charge in [0.15, 0.2) is 0 Å². The van der Waals surface area contributed by atoms with Gasteiger partial charge in [0.2, 0.25) is 0 Å². The van der Waals surface area contributed by atoms with Crippen LogP contribution in [0.3, 0.4) is 0 Å². The Bertz CT molecular complexity index is 582. The molecule has 1 fully saturated rings. The molecule has 0 aromatic carbocycles. The van der Waals surface area contributed by atoms with Gasteiger partial charge < -0.3 is 14.7 Å². The minimum Gasteiger partial charge on any atom is -0.481 e. The molecule has 23 heavy (non-hydrogen) atoms. The first-order valence-electron chi connectivity index (χ1n) is 7.62. The molecule has 0 aliphatic carbocycles. The fourth-order valence-electron chi connectivity index (χ4n) is 2.64. The second kappa shape index (κ2) is 6.17. The van der Waals surface area contributed by atoms with Crippen molar-refractivity contribution >= 4 is 12.1 Å². The number of aryl methyl sites for hydroxylation is 1. The van der Waals surface area contributed by atoms with Gasteiger partial charge in [-0.25, -0.2) is 9.42 Å². The van der Waals surface area contributed by atoms with Gasteiger partial charge >= 0.3 is 12.1 Å². The Hall–Kier alpha value is -2.12. The summed E-state index contributed by atoms with van der Waals surface area (Å²) in [4.78, 5) is 25.4. The third-order valence-corrected chi connectivity index (χ3v) is 4.08. The molecule has 0 atom stereocenters. The van der Waals surface area contributed by atoms with Crippen molar-refractivity contribution in [2.75, 3.05) is 13.1 Å². The Morgan fingerprint density at radius 2 is 1.91 bits per heavy atom. The molecule has 1 aliphatic heterocycles. The van der Waals surface area contributed by atoms with Gasteiger partial charge in [0.05, 0.1) is 5.41 Å².